The van der Waals surface area contributed by atoms with Crippen LogP contribution >= 0.6 is 23.2 Å². The maximum absolute atomic E-state index is 11.6. The van der Waals surface area contributed by atoms with Gasteiger partial charge in [-0.3, -0.25) is 10.1 Å². The number of hydrogen-bond donors (Lipinski definition) is 2. The van der Waals surface area contributed by atoms with E-state index in [4.69, 9.17) is 23.2 Å². The van der Waals surface area contributed by atoms with Gasteiger partial charge in [-0.15, -0.1) is 0 Å². The lowest BCUT2D eigenvalue weighted by molar-refractivity contribution is -0.383. The molecular formula is C16H12Cl2N6O2. The average Bonchev–Trinajstić information content (AvgIpc) is 2.59. The number of aryl methyl sites for hydroxylation is 1. The second-order valence-corrected chi connectivity index (χ2v) is 6.02. The zero-order chi connectivity index (χ0) is 18.7. The number of benzene rings is 1. The molecule has 0 radical (unpaired) electrons. The number of halogens is 2. The van der Waals surface area contributed by atoms with Crippen LogP contribution < -0.4 is 10.6 Å². The van der Waals surface area contributed by atoms with Crippen LogP contribution in [-0.2, 0) is 0 Å². The van der Waals surface area contributed by atoms with Crippen molar-refractivity contribution in [3.05, 3.63) is 68.7 Å². The van der Waals surface area contributed by atoms with E-state index in [1.165, 1.54) is 12.5 Å². The molecule has 0 aliphatic heterocycles. The molecule has 0 saturated carbocycles. The Labute approximate surface area is 158 Å². The number of aromatic nitrogens is 3. The molecule has 0 unspecified atom stereocenters. The van der Waals surface area contributed by atoms with E-state index >= 15 is 0 Å². The van der Waals surface area contributed by atoms with E-state index in [2.05, 4.69) is 25.6 Å². The van der Waals surface area contributed by atoms with Crippen LogP contribution in [0.4, 0.5) is 28.7 Å². The third-order valence-electron chi connectivity index (χ3n) is 3.46. The van der Waals surface area contributed by atoms with Crippen LogP contribution in [-0.4, -0.2) is 19.9 Å². The van der Waals surface area contributed by atoms with Gasteiger partial charge in [0.25, 0.3) is 0 Å². The Kier molecular flexibility index (Phi) is 5.15. The molecule has 0 amide bonds. The first-order valence-corrected chi connectivity index (χ1v) is 8.11. The monoisotopic (exact) mass is 390 g/mol. The van der Waals surface area contributed by atoms with Crippen molar-refractivity contribution < 1.29 is 4.92 Å². The number of nitro groups is 1. The molecule has 0 aliphatic carbocycles. The molecule has 0 fully saturated rings. The van der Waals surface area contributed by atoms with E-state index < -0.39 is 4.92 Å². The highest BCUT2D eigenvalue weighted by Gasteiger charge is 2.24. The third kappa shape index (κ3) is 3.81. The molecular weight excluding hydrogens is 379 g/mol. The molecule has 8 nitrogen and oxygen atoms in total. The predicted octanol–water partition coefficient (Wildman–Crippen LogP) is 4.88. The van der Waals surface area contributed by atoms with Crippen molar-refractivity contribution in [3.8, 4) is 0 Å². The molecule has 3 aromatic rings. The summed E-state index contributed by atoms with van der Waals surface area (Å²) in [5.74, 6) is 0.0342. The highest BCUT2D eigenvalue weighted by atomic mass is 35.5. The first-order valence-electron chi connectivity index (χ1n) is 7.36. The topological polar surface area (TPSA) is 106 Å². The molecule has 10 heteroatoms. The standard InChI is InChI=1S/C16H12Cl2N6O2/c1-9-7-10(17)4-5-11(9)22-15-13(24(25)26)16(21-8-20-15)23-12-3-2-6-19-14(12)18/h2-8H,1H3,(H2,20,21,22,23). The van der Waals surface area contributed by atoms with Gasteiger partial charge in [0.05, 0.1) is 10.6 Å². The van der Waals surface area contributed by atoms with Gasteiger partial charge in [-0.2, -0.15) is 0 Å². The summed E-state index contributed by atoms with van der Waals surface area (Å²) in [5, 5.41) is 18.1. The third-order valence-corrected chi connectivity index (χ3v) is 3.99. The normalized spacial score (nSPS) is 10.4. The Hall–Kier alpha value is -2.97. The van der Waals surface area contributed by atoms with E-state index in [9.17, 15) is 10.1 Å². The number of pyridine rings is 1. The fourth-order valence-electron chi connectivity index (χ4n) is 2.24. The molecule has 2 aromatic heterocycles. The number of nitrogens with zero attached hydrogens (tertiary/aromatic N) is 4. The van der Waals surface area contributed by atoms with Crippen molar-refractivity contribution in [2.45, 2.75) is 6.92 Å². The summed E-state index contributed by atoms with van der Waals surface area (Å²) in [4.78, 5) is 22.9. The molecule has 2 N–H and O–H groups in total. The highest BCUT2D eigenvalue weighted by Crippen LogP contribution is 2.35. The fourth-order valence-corrected chi connectivity index (χ4v) is 2.63. The zero-order valence-corrected chi connectivity index (χ0v) is 14.9. The van der Waals surface area contributed by atoms with Gasteiger partial charge >= 0.3 is 5.69 Å². The van der Waals surface area contributed by atoms with Gasteiger partial charge < -0.3 is 10.6 Å². The van der Waals surface area contributed by atoms with Crippen molar-refractivity contribution >= 4 is 51.9 Å². The fraction of sp³-hybridized carbons (Fsp3) is 0.0625. The second-order valence-electron chi connectivity index (χ2n) is 5.23. The molecule has 2 heterocycles. The van der Waals surface area contributed by atoms with Crippen LogP contribution in [0.15, 0.2) is 42.9 Å². The van der Waals surface area contributed by atoms with Gasteiger partial charge in [0.15, 0.2) is 5.15 Å². The first-order chi connectivity index (χ1) is 12.5. The lowest BCUT2D eigenvalue weighted by atomic mass is 10.2. The van der Waals surface area contributed by atoms with Gasteiger partial charge in [-0.1, -0.05) is 23.2 Å². The Morgan fingerprint density at radius 2 is 1.73 bits per heavy atom. The average molecular weight is 391 g/mol. The molecule has 3 rings (SSSR count). The van der Waals surface area contributed by atoms with E-state index in [1.54, 1.807) is 30.3 Å². The summed E-state index contributed by atoms with van der Waals surface area (Å²) in [5.41, 5.74) is 1.53. The summed E-state index contributed by atoms with van der Waals surface area (Å²) in [6, 6.07) is 8.42. The molecule has 26 heavy (non-hydrogen) atoms. The minimum absolute atomic E-state index is 0.00554. The largest absolute Gasteiger partial charge is 0.353 e. The molecule has 0 spiro atoms. The van der Waals surface area contributed by atoms with Crippen LogP contribution in [0.2, 0.25) is 10.2 Å². The zero-order valence-electron chi connectivity index (χ0n) is 13.4. The summed E-state index contributed by atoms with van der Waals surface area (Å²) in [7, 11) is 0. The summed E-state index contributed by atoms with van der Waals surface area (Å²) in [6.07, 6.45) is 2.73. The quantitative estimate of drug-likeness (QED) is 0.363. The molecule has 1 aromatic carbocycles. The number of rotatable bonds is 5. The minimum atomic E-state index is -0.569. The molecule has 0 atom stereocenters. The summed E-state index contributed by atoms with van der Waals surface area (Å²) < 4.78 is 0. The summed E-state index contributed by atoms with van der Waals surface area (Å²) >= 11 is 11.9. The molecule has 0 bridgehead atoms. The number of hydrogen-bond acceptors (Lipinski definition) is 7. The molecule has 132 valence electrons. The maximum Gasteiger partial charge on any atom is 0.353 e. The number of anilines is 4. The highest BCUT2D eigenvalue weighted by molar-refractivity contribution is 6.32. The minimum Gasteiger partial charge on any atom is -0.334 e. The van der Waals surface area contributed by atoms with Crippen molar-refractivity contribution in [2.24, 2.45) is 0 Å². The van der Waals surface area contributed by atoms with Crippen LogP contribution in [0, 0.1) is 17.0 Å². The van der Waals surface area contributed by atoms with Crippen LogP contribution in [0.5, 0.6) is 0 Å². The van der Waals surface area contributed by atoms with Gasteiger partial charge in [0, 0.05) is 16.9 Å². The first kappa shape index (κ1) is 17.8. The van der Waals surface area contributed by atoms with E-state index in [0.29, 0.717) is 16.4 Å². The lowest BCUT2D eigenvalue weighted by Gasteiger charge is -2.12. The Balaban J connectivity index is 2.01. The Morgan fingerprint density at radius 3 is 2.35 bits per heavy atom. The number of nitrogens with one attached hydrogen (secondary N) is 2. The summed E-state index contributed by atoms with van der Waals surface area (Å²) in [6.45, 7) is 1.83. The smallest absolute Gasteiger partial charge is 0.334 e. The molecule has 0 aliphatic rings. The Bertz CT molecular complexity index is 983. The van der Waals surface area contributed by atoms with Crippen molar-refractivity contribution in [2.75, 3.05) is 10.6 Å². The van der Waals surface area contributed by atoms with Gasteiger partial charge in [0.2, 0.25) is 11.6 Å². The SMILES string of the molecule is Cc1cc(Cl)ccc1Nc1ncnc(Nc2cccnc2Cl)c1[N+](=O)[O-]. The van der Waals surface area contributed by atoms with Crippen LogP contribution in [0.3, 0.4) is 0 Å². The molecule has 0 saturated heterocycles. The van der Waals surface area contributed by atoms with Gasteiger partial charge in [0.1, 0.15) is 6.33 Å². The van der Waals surface area contributed by atoms with Crippen molar-refractivity contribution in [1.82, 2.24) is 15.0 Å². The van der Waals surface area contributed by atoms with Crippen LogP contribution in [0.25, 0.3) is 0 Å². The van der Waals surface area contributed by atoms with Crippen molar-refractivity contribution in [3.63, 3.8) is 0 Å². The second kappa shape index (κ2) is 7.51. The van der Waals surface area contributed by atoms with Gasteiger partial charge in [-0.25, -0.2) is 15.0 Å². The maximum atomic E-state index is 11.6. The van der Waals surface area contributed by atoms with Crippen molar-refractivity contribution in [1.29, 1.82) is 0 Å². The van der Waals surface area contributed by atoms with E-state index in [-0.39, 0.29) is 22.5 Å². The van der Waals surface area contributed by atoms with E-state index in [0.717, 1.165) is 5.56 Å². The Morgan fingerprint density at radius 1 is 1.04 bits per heavy atom. The van der Waals surface area contributed by atoms with Crippen LogP contribution in [0.1, 0.15) is 5.56 Å². The van der Waals surface area contributed by atoms with E-state index in [1.807, 2.05) is 6.92 Å². The predicted molar refractivity (Wildman–Crippen MR) is 101 cm³/mol. The lowest BCUT2D eigenvalue weighted by Crippen LogP contribution is -2.06. The van der Waals surface area contributed by atoms with Gasteiger partial charge in [-0.05, 0) is 42.8 Å².